The Morgan fingerprint density at radius 2 is 1.75 bits per heavy atom. The zero-order valence-corrected chi connectivity index (χ0v) is 15.0. The third-order valence-electron chi connectivity index (χ3n) is 3.22. The van der Waals surface area contributed by atoms with Crippen LogP contribution in [0.4, 0.5) is 0 Å². The van der Waals surface area contributed by atoms with Crippen molar-refractivity contribution in [1.29, 1.82) is 0 Å². The smallest absolute Gasteiger partial charge is 0.283 e. The van der Waals surface area contributed by atoms with Crippen molar-refractivity contribution in [3.05, 3.63) is 33.3 Å². The first kappa shape index (κ1) is 17.7. The molecule has 0 radical (unpaired) electrons. The molecular weight excluding hydrogens is 330 g/mol. The molecule has 8 heteroatoms. The van der Waals surface area contributed by atoms with Crippen LogP contribution in [0.1, 0.15) is 25.9 Å². The molecule has 0 aliphatic rings. The molecule has 0 fully saturated rings. The largest absolute Gasteiger partial charge is 0.496 e. The topological polar surface area (TPSA) is 82.0 Å². The number of carbonyl (C=O) groups excluding carboxylic acids is 1. The molecule has 2 rings (SSSR count). The van der Waals surface area contributed by atoms with Crippen molar-refractivity contribution >= 4 is 23.5 Å². The second-order valence-electron chi connectivity index (χ2n) is 4.80. The minimum Gasteiger partial charge on any atom is -0.496 e. The first-order valence-corrected chi connectivity index (χ1v) is 7.89. The molecule has 0 aliphatic heterocycles. The van der Waals surface area contributed by atoms with Crippen molar-refractivity contribution in [2.45, 2.75) is 13.8 Å². The van der Waals surface area contributed by atoms with Gasteiger partial charge in [0.05, 0.1) is 38.2 Å². The van der Waals surface area contributed by atoms with Gasteiger partial charge in [0, 0.05) is 11.6 Å². The van der Waals surface area contributed by atoms with Crippen molar-refractivity contribution in [2.75, 3.05) is 21.3 Å². The highest BCUT2D eigenvalue weighted by Gasteiger charge is 2.13. The fourth-order valence-corrected chi connectivity index (χ4v) is 2.92. The lowest BCUT2D eigenvalue weighted by molar-refractivity contribution is 0.0958. The van der Waals surface area contributed by atoms with Gasteiger partial charge >= 0.3 is 0 Å². The molecule has 0 bridgehead atoms. The Hall–Kier alpha value is -2.61. The maximum absolute atomic E-state index is 12.1. The van der Waals surface area contributed by atoms with Gasteiger partial charge in [-0.05, 0) is 19.9 Å². The Balaban J connectivity index is 2.19. The van der Waals surface area contributed by atoms with Gasteiger partial charge in [0.15, 0.2) is 11.5 Å². The number of benzene rings is 1. The lowest BCUT2D eigenvalue weighted by Crippen LogP contribution is -2.17. The molecular formula is C16H19N3O4S. The third-order valence-corrected chi connectivity index (χ3v) is 4.29. The second-order valence-corrected chi connectivity index (χ2v) is 6.00. The van der Waals surface area contributed by atoms with Crippen LogP contribution in [0, 0.1) is 13.8 Å². The van der Waals surface area contributed by atoms with Gasteiger partial charge in [-0.25, -0.2) is 10.4 Å². The summed E-state index contributed by atoms with van der Waals surface area (Å²) in [5.41, 5.74) is 3.83. The van der Waals surface area contributed by atoms with Crippen LogP contribution in [0.15, 0.2) is 17.2 Å². The number of ether oxygens (including phenoxy) is 3. The van der Waals surface area contributed by atoms with Crippen molar-refractivity contribution in [3.63, 3.8) is 0 Å². The fourth-order valence-electron chi connectivity index (χ4n) is 2.11. The number of nitrogens with zero attached hydrogens (tertiary/aromatic N) is 2. The van der Waals surface area contributed by atoms with Gasteiger partial charge in [-0.3, -0.25) is 4.79 Å². The number of hydrazone groups is 1. The maximum atomic E-state index is 12.1. The summed E-state index contributed by atoms with van der Waals surface area (Å²) in [6.07, 6.45) is 1.49. The second kappa shape index (κ2) is 7.78. The zero-order chi connectivity index (χ0) is 17.7. The number of rotatable bonds is 6. The van der Waals surface area contributed by atoms with Crippen molar-refractivity contribution in [3.8, 4) is 17.2 Å². The Morgan fingerprint density at radius 3 is 2.29 bits per heavy atom. The van der Waals surface area contributed by atoms with E-state index in [0.717, 1.165) is 5.01 Å². The van der Waals surface area contributed by atoms with Gasteiger partial charge in [-0.1, -0.05) is 0 Å². The van der Waals surface area contributed by atoms with E-state index >= 15 is 0 Å². The molecule has 0 spiro atoms. The number of aryl methyl sites for hydroxylation is 2. The van der Waals surface area contributed by atoms with Crippen LogP contribution in [0.5, 0.6) is 17.2 Å². The molecule has 0 saturated heterocycles. The highest BCUT2D eigenvalue weighted by atomic mass is 32.1. The van der Waals surface area contributed by atoms with E-state index in [-0.39, 0.29) is 5.91 Å². The number of thiazole rings is 1. The summed E-state index contributed by atoms with van der Waals surface area (Å²) in [4.78, 5) is 16.9. The van der Waals surface area contributed by atoms with Crippen molar-refractivity contribution < 1.29 is 19.0 Å². The Kier molecular flexibility index (Phi) is 5.75. The summed E-state index contributed by atoms with van der Waals surface area (Å²) in [6.45, 7) is 3.64. The number of aromatic nitrogens is 1. The van der Waals surface area contributed by atoms with Gasteiger partial charge in [0.1, 0.15) is 10.6 Å². The summed E-state index contributed by atoms with van der Waals surface area (Å²) in [7, 11) is 4.63. The third kappa shape index (κ3) is 3.83. The number of carbonyl (C=O) groups is 1. The molecule has 1 amide bonds. The van der Waals surface area contributed by atoms with E-state index in [1.807, 2.05) is 6.92 Å². The van der Waals surface area contributed by atoms with Gasteiger partial charge in [-0.15, -0.1) is 11.3 Å². The molecule has 2 aromatic rings. The highest BCUT2D eigenvalue weighted by Crippen LogP contribution is 2.33. The molecule has 0 atom stereocenters. The number of methoxy groups -OCH3 is 3. The van der Waals surface area contributed by atoms with Gasteiger partial charge in [-0.2, -0.15) is 5.10 Å². The highest BCUT2D eigenvalue weighted by molar-refractivity contribution is 7.13. The maximum Gasteiger partial charge on any atom is 0.283 e. The number of hydrogen-bond acceptors (Lipinski definition) is 7. The van der Waals surface area contributed by atoms with Crippen LogP contribution < -0.4 is 19.6 Å². The average molecular weight is 349 g/mol. The van der Waals surface area contributed by atoms with Gasteiger partial charge < -0.3 is 14.2 Å². The molecule has 1 N–H and O–H groups in total. The summed E-state index contributed by atoms with van der Waals surface area (Å²) in [5, 5.41) is 4.82. The van der Waals surface area contributed by atoms with Gasteiger partial charge in [0.2, 0.25) is 0 Å². The molecule has 0 saturated carbocycles. The average Bonchev–Trinajstić information content (AvgIpc) is 2.92. The monoisotopic (exact) mass is 349 g/mol. The molecule has 1 aromatic carbocycles. The lowest BCUT2D eigenvalue weighted by Gasteiger charge is -2.11. The van der Waals surface area contributed by atoms with E-state index in [1.165, 1.54) is 17.6 Å². The molecule has 0 aliphatic carbocycles. The van der Waals surface area contributed by atoms with Crippen LogP contribution >= 0.6 is 11.3 Å². The summed E-state index contributed by atoms with van der Waals surface area (Å²) in [5.74, 6) is 1.34. The van der Waals surface area contributed by atoms with Crippen molar-refractivity contribution in [2.24, 2.45) is 5.10 Å². The number of nitrogens with one attached hydrogen (secondary N) is 1. The van der Waals surface area contributed by atoms with Gasteiger partial charge in [0.25, 0.3) is 5.91 Å². The predicted molar refractivity (Wildman–Crippen MR) is 92.7 cm³/mol. The Labute approximate surface area is 144 Å². The van der Waals surface area contributed by atoms with Crippen LogP contribution in [0.3, 0.4) is 0 Å². The van der Waals surface area contributed by atoms with Crippen LogP contribution in [0.2, 0.25) is 0 Å². The number of hydrogen-bond donors (Lipinski definition) is 1. The number of amides is 1. The zero-order valence-electron chi connectivity index (χ0n) is 14.2. The molecule has 7 nitrogen and oxygen atoms in total. The lowest BCUT2D eigenvalue weighted by atomic mass is 10.2. The normalized spacial score (nSPS) is 10.7. The van der Waals surface area contributed by atoms with Crippen molar-refractivity contribution in [1.82, 2.24) is 10.4 Å². The summed E-state index contributed by atoms with van der Waals surface area (Å²) < 4.78 is 15.8. The SMILES string of the molecule is COc1cc(OC)c(OC)cc1/C=N/NC(=O)c1sc(C)nc1C. The Morgan fingerprint density at radius 1 is 1.12 bits per heavy atom. The minimum atomic E-state index is -0.297. The van der Waals surface area contributed by atoms with E-state index in [1.54, 1.807) is 40.4 Å². The summed E-state index contributed by atoms with van der Waals surface area (Å²) in [6, 6.07) is 3.41. The van der Waals surface area contributed by atoms with Crippen LogP contribution in [-0.4, -0.2) is 38.4 Å². The van der Waals surface area contributed by atoms with E-state index in [2.05, 4.69) is 15.5 Å². The van der Waals surface area contributed by atoms with E-state index < -0.39 is 0 Å². The Bertz CT molecular complexity index is 771. The first-order chi connectivity index (χ1) is 11.5. The standard InChI is InChI=1S/C16H19N3O4S/c1-9-15(24-10(2)18-9)16(20)19-17-8-11-6-13(22-4)14(23-5)7-12(11)21-3/h6-8H,1-5H3,(H,19,20)/b17-8+. The van der Waals surface area contributed by atoms with E-state index in [0.29, 0.717) is 33.4 Å². The quantitative estimate of drug-likeness (QED) is 0.640. The van der Waals surface area contributed by atoms with E-state index in [4.69, 9.17) is 14.2 Å². The molecule has 128 valence electrons. The molecule has 1 aromatic heterocycles. The minimum absolute atomic E-state index is 0.297. The fraction of sp³-hybridized carbons (Fsp3) is 0.312. The van der Waals surface area contributed by atoms with E-state index in [9.17, 15) is 4.79 Å². The first-order valence-electron chi connectivity index (χ1n) is 7.07. The van der Waals surface area contributed by atoms with Crippen LogP contribution in [-0.2, 0) is 0 Å². The molecule has 24 heavy (non-hydrogen) atoms. The van der Waals surface area contributed by atoms with Crippen LogP contribution in [0.25, 0.3) is 0 Å². The summed E-state index contributed by atoms with van der Waals surface area (Å²) >= 11 is 1.33. The molecule has 1 heterocycles. The molecule has 0 unspecified atom stereocenters. The predicted octanol–water partition coefficient (Wildman–Crippen LogP) is 2.55.